The number of nitrogens with zero attached hydrogens (tertiary/aromatic N) is 3. The zero-order chi connectivity index (χ0) is 10.5. The van der Waals surface area contributed by atoms with E-state index in [0.29, 0.717) is 0 Å². The fourth-order valence-electron chi connectivity index (χ4n) is 1.76. The zero-order valence-electron chi connectivity index (χ0n) is 9.61. The average molecular weight is 247 g/mol. The van der Waals surface area contributed by atoms with Crippen LogP contribution in [0.5, 0.6) is 0 Å². The van der Waals surface area contributed by atoms with E-state index in [-0.39, 0.29) is 12.4 Å². The van der Waals surface area contributed by atoms with E-state index in [1.165, 1.54) is 6.42 Å². The van der Waals surface area contributed by atoms with Crippen molar-refractivity contribution in [1.82, 2.24) is 20.4 Å². The fourth-order valence-corrected chi connectivity index (χ4v) is 1.76. The molecule has 5 nitrogen and oxygen atoms in total. The molecule has 0 aromatic carbocycles. The maximum Gasteiger partial charge on any atom is 0.226 e. The van der Waals surface area contributed by atoms with Gasteiger partial charge in [0.15, 0.2) is 5.82 Å². The van der Waals surface area contributed by atoms with Gasteiger partial charge in [0, 0.05) is 19.5 Å². The SMILES string of the molecule is CCc1nc(CN2CCCNCC2)no1.Cl. The van der Waals surface area contributed by atoms with Gasteiger partial charge < -0.3 is 9.84 Å². The summed E-state index contributed by atoms with van der Waals surface area (Å²) in [6, 6.07) is 0. The first kappa shape index (κ1) is 13.4. The normalized spacial score (nSPS) is 17.8. The second kappa shape index (κ2) is 6.83. The maximum atomic E-state index is 5.08. The first-order valence-electron chi connectivity index (χ1n) is 5.63. The van der Waals surface area contributed by atoms with Crippen LogP contribution in [0.15, 0.2) is 4.52 Å². The van der Waals surface area contributed by atoms with Gasteiger partial charge in [0.05, 0.1) is 6.54 Å². The van der Waals surface area contributed by atoms with Gasteiger partial charge in [0.25, 0.3) is 0 Å². The highest BCUT2D eigenvalue weighted by molar-refractivity contribution is 5.85. The van der Waals surface area contributed by atoms with E-state index in [1.807, 2.05) is 6.92 Å². The largest absolute Gasteiger partial charge is 0.339 e. The lowest BCUT2D eigenvalue weighted by Crippen LogP contribution is -2.28. The van der Waals surface area contributed by atoms with Crippen LogP contribution >= 0.6 is 12.4 Å². The lowest BCUT2D eigenvalue weighted by Gasteiger charge is -2.16. The van der Waals surface area contributed by atoms with Gasteiger partial charge in [-0.2, -0.15) is 4.98 Å². The summed E-state index contributed by atoms with van der Waals surface area (Å²) in [6.07, 6.45) is 2.01. The summed E-state index contributed by atoms with van der Waals surface area (Å²) in [5.41, 5.74) is 0. The molecule has 0 saturated carbocycles. The number of aromatic nitrogens is 2. The predicted octanol–water partition coefficient (Wildman–Crippen LogP) is 0.849. The van der Waals surface area contributed by atoms with Gasteiger partial charge in [-0.05, 0) is 19.5 Å². The molecular weight excluding hydrogens is 228 g/mol. The van der Waals surface area contributed by atoms with Crippen molar-refractivity contribution in [2.45, 2.75) is 26.3 Å². The Morgan fingerprint density at radius 1 is 1.38 bits per heavy atom. The molecule has 2 rings (SSSR count). The Hall–Kier alpha value is -0.650. The van der Waals surface area contributed by atoms with Crippen molar-refractivity contribution >= 4 is 12.4 Å². The number of nitrogens with one attached hydrogen (secondary N) is 1. The summed E-state index contributed by atoms with van der Waals surface area (Å²) in [4.78, 5) is 6.68. The summed E-state index contributed by atoms with van der Waals surface area (Å²) >= 11 is 0. The van der Waals surface area contributed by atoms with Gasteiger partial charge >= 0.3 is 0 Å². The van der Waals surface area contributed by atoms with E-state index < -0.39 is 0 Å². The van der Waals surface area contributed by atoms with Crippen LogP contribution in [0.25, 0.3) is 0 Å². The van der Waals surface area contributed by atoms with Crippen molar-refractivity contribution in [3.63, 3.8) is 0 Å². The van der Waals surface area contributed by atoms with Crippen LogP contribution in [0.1, 0.15) is 25.1 Å². The number of hydrogen-bond donors (Lipinski definition) is 1. The molecule has 92 valence electrons. The summed E-state index contributed by atoms with van der Waals surface area (Å²) < 4.78 is 5.08. The standard InChI is InChI=1S/C10H18N4O.ClH/c1-2-10-12-9(13-15-10)8-14-6-3-4-11-5-7-14;/h11H,2-8H2,1H3;1H. The van der Waals surface area contributed by atoms with Crippen LogP contribution in [-0.4, -0.2) is 41.2 Å². The Bertz CT molecular complexity index is 297. The third kappa shape index (κ3) is 3.73. The second-order valence-corrected chi connectivity index (χ2v) is 3.84. The van der Waals surface area contributed by atoms with E-state index in [1.54, 1.807) is 0 Å². The van der Waals surface area contributed by atoms with Crippen molar-refractivity contribution in [2.75, 3.05) is 26.2 Å². The predicted molar refractivity (Wildman–Crippen MR) is 63.7 cm³/mol. The molecule has 1 fully saturated rings. The van der Waals surface area contributed by atoms with Gasteiger partial charge in [0.1, 0.15) is 0 Å². The highest BCUT2D eigenvalue weighted by Crippen LogP contribution is 2.04. The molecule has 1 saturated heterocycles. The molecule has 0 atom stereocenters. The Balaban J connectivity index is 0.00000128. The highest BCUT2D eigenvalue weighted by atomic mass is 35.5. The molecule has 1 N–H and O–H groups in total. The quantitative estimate of drug-likeness (QED) is 0.857. The van der Waals surface area contributed by atoms with Crippen molar-refractivity contribution in [3.8, 4) is 0 Å². The van der Waals surface area contributed by atoms with Gasteiger partial charge in [-0.25, -0.2) is 0 Å². The molecule has 2 heterocycles. The molecule has 0 bridgehead atoms. The van der Waals surface area contributed by atoms with Crippen LogP contribution in [0, 0.1) is 0 Å². The molecule has 0 radical (unpaired) electrons. The topological polar surface area (TPSA) is 54.2 Å². The average Bonchev–Trinajstić information content (AvgIpc) is 2.54. The molecule has 0 spiro atoms. The fraction of sp³-hybridized carbons (Fsp3) is 0.800. The zero-order valence-corrected chi connectivity index (χ0v) is 10.4. The number of halogens is 1. The van der Waals surface area contributed by atoms with E-state index >= 15 is 0 Å². The van der Waals surface area contributed by atoms with Crippen molar-refractivity contribution in [3.05, 3.63) is 11.7 Å². The third-order valence-electron chi connectivity index (χ3n) is 2.61. The van der Waals surface area contributed by atoms with Crippen LogP contribution < -0.4 is 5.32 Å². The van der Waals surface area contributed by atoms with Crippen molar-refractivity contribution < 1.29 is 4.52 Å². The minimum atomic E-state index is 0. The van der Waals surface area contributed by atoms with Crippen LogP contribution in [0.4, 0.5) is 0 Å². The Morgan fingerprint density at radius 3 is 3.00 bits per heavy atom. The van der Waals surface area contributed by atoms with Gasteiger partial charge in [-0.3, -0.25) is 4.90 Å². The molecule has 16 heavy (non-hydrogen) atoms. The summed E-state index contributed by atoms with van der Waals surface area (Å²) in [6.45, 7) is 7.18. The van der Waals surface area contributed by atoms with E-state index in [9.17, 15) is 0 Å². The molecule has 0 amide bonds. The number of hydrogen-bond acceptors (Lipinski definition) is 5. The smallest absolute Gasteiger partial charge is 0.226 e. The summed E-state index contributed by atoms with van der Waals surface area (Å²) in [5, 5.41) is 7.34. The molecule has 1 aromatic rings. The third-order valence-corrected chi connectivity index (χ3v) is 2.61. The lowest BCUT2D eigenvalue weighted by molar-refractivity contribution is 0.270. The minimum Gasteiger partial charge on any atom is -0.339 e. The molecule has 1 aliphatic rings. The monoisotopic (exact) mass is 246 g/mol. The van der Waals surface area contributed by atoms with E-state index in [4.69, 9.17) is 4.52 Å². The molecule has 0 unspecified atom stereocenters. The van der Waals surface area contributed by atoms with Crippen LogP contribution in [0.2, 0.25) is 0 Å². The summed E-state index contributed by atoms with van der Waals surface area (Å²) in [5.74, 6) is 1.55. The van der Waals surface area contributed by atoms with Crippen LogP contribution in [-0.2, 0) is 13.0 Å². The summed E-state index contributed by atoms with van der Waals surface area (Å²) in [7, 11) is 0. The first-order chi connectivity index (χ1) is 7.38. The molecule has 0 aliphatic carbocycles. The van der Waals surface area contributed by atoms with Crippen LogP contribution in [0.3, 0.4) is 0 Å². The minimum absolute atomic E-state index is 0. The molecule has 1 aromatic heterocycles. The Morgan fingerprint density at radius 2 is 2.25 bits per heavy atom. The molecule has 1 aliphatic heterocycles. The van der Waals surface area contributed by atoms with Gasteiger partial charge in [0.2, 0.25) is 5.89 Å². The first-order valence-corrected chi connectivity index (χ1v) is 5.63. The van der Waals surface area contributed by atoms with Crippen molar-refractivity contribution in [1.29, 1.82) is 0 Å². The lowest BCUT2D eigenvalue weighted by atomic mass is 10.4. The second-order valence-electron chi connectivity index (χ2n) is 3.84. The van der Waals surface area contributed by atoms with Gasteiger partial charge in [-0.1, -0.05) is 12.1 Å². The van der Waals surface area contributed by atoms with E-state index in [2.05, 4.69) is 20.4 Å². The molecule has 6 heteroatoms. The van der Waals surface area contributed by atoms with Crippen molar-refractivity contribution in [2.24, 2.45) is 0 Å². The Kier molecular flexibility index (Phi) is 5.73. The van der Waals surface area contributed by atoms with E-state index in [0.717, 1.165) is 50.9 Å². The number of rotatable bonds is 3. The maximum absolute atomic E-state index is 5.08. The highest BCUT2D eigenvalue weighted by Gasteiger charge is 2.12. The molecular formula is C10H19ClN4O. The van der Waals surface area contributed by atoms with Gasteiger partial charge in [-0.15, -0.1) is 12.4 Å². The Labute approximate surface area is 102 Å². The number of aryl methyl sites for hydroxylation is 1.